The highest BCUT2D eigenvalue weighted by Gasteiger charge is 2.43. The van der Waals surface area contributed by atoms with Crippen molar-refractivity contribution in [3.05, 3.63) is 108 Å². The van der Waals surface area contributed by atoms with Gasteiger partial charge in [0.25, 0.3) is 0 Å². The molecule has 142 heavy (non-hydrogen) atoms. The lowest BCUT2D eigenvalue weighted by Gasteiger charge is -2.31. The first-order valence-corrected chi connectivity index (χ1v) is 49.2. The molecule has 0 bridgehead atoms. The minimum atomic E-state index is -1.91. The maximum atomic E-state index is 16.0. The quantitative estimate of drug-likeness (QED) is 0.00846. The van der Waals surface area contributed by atoms with Gasteiger partial charge in [0, 0.05) is 70.2 Å². The van der Waals surface area contributed by atoms with Gasteiger partial charge in [0.05, 0.1) is 6.04 Å². The number of aliphatic imine (C=N–C) groups is 4. The Balaban J connectivity index is 1.62. The summed E-state index contributed by atoms with van der Waals surface area (Å²) >= 11 is 0. The number of phenols is 2. The molecule has 4 aromatic carbocycles. The number of unbranched alkanes of at least 4 members (excludes halogenated alkanes) is 2. The van der Waals surface area contributed by atoms with Gasteiger partial charge in [-0.25, -0.2) is 9.59 Å². The lowest BCUT2D eigenvalue weighted by Crippen LogP contribution is -2.61. The molecule has 0 aliphatic carbocycles. The number of rotatable bonds is 46. The normalized spacial score (nSPS) is 20.3. The molecule has 0 saturated carbocycles. The molecule has 51 nitrogen and oxygen atoms in total. The number of carbonyl (C=O) groups is 16. The van der Waals surface area contributed by atoms with Crippen molar-refractivity contribution in [3.8, 4) is 11.5 Å². The summed E-state index contributed by atoms with van der Waals surface area (Å²) in [7, 11) is 1.51. The van der Waals surface area contributed by atoms with Crippen LogP contribution in [0.1, 0.15) is 151 Å². The van der Waals surface area contributed by atoms with Crippen LogP contribution in [-0.4, -0.2) is 283 Å². The molecule has 44 N–H and O–H groups in total. The number of hydrogen-bond donors (Lipinski definition) is 30. The summed E-state index contributed by atoms with van der Waals surface area (Å²) in [6.07, 6.45) is -1.03. The molecule has 4 aromatic rings. The Hall–Kier alpha value is -14.5. The topological polar surface area (TPSA) is 899 Å². The number of amides is 18. The van der Waals surface area contributed by atoms with Crippen LogP contribution in [0.5, 0.6) is 11.5 Å². The third-order valence-corrected chi connectivity index (χ3v) is 25.2. The van der Waals surface area contributed by atoms with Gasteiger partial charge in [-0.05, 0) is 199 Å². The van der Waals surface area contributed by atoms with Gasteiger partial charge in [0.15, 0.2) is 23.8 Å². The van der Waals surface area contributed by atoms with Gasteiger partial charge in [-0.2, -0.15) is 0 Å². The second-order valence-electron chi connectivity index (χ2n) is 34.0. The number of phenolic OH excluding ortho intramolecular Hbond substituents is 2. The molecule has 2 fully saturated rings. The van der Waals surface area contributed by atoms with Gasteiger partial charge in [-0.1, -0.05) is 82.3 Å². The maximum Gasteiger partial charge on any atom is 0.312 e. The van der Waals surface area contributed by atoms with Crippen LogP contribution in [-0.2, 0) is 80.0 Å². The average molecular weight is 2020 g/mol. The Morgan fingerprint density at radius 1 is 0.423 bits per heavy atom. The summed E-state index contributed by atoms with van der Waals surface area (Å²) in [5.41, 5.74) is 80.9. The fraction of sp³-hybridized carbons (Fsp3) is 0.528. The predicted molar refractivity (Wildman–Crippen MR) is 536 cm³/mol. The van der Waals surface area contributed by atoms with Crippen molar-refractivity contribution < 1.29 is 86.9 Å². The third kappa shape index (κ3) is 42.3. The standard InChI is InChI=1S/C89H139N33O18S2/c90-35-5-3-17-58-74(129)116-63(18-4-6-36-91)83(138)122-43-13-24-68(122)81(136)118-65(45-50-27-33-55(124)34-28-50)78(133)115-59(20-9-39-106-86(98)99)73(128)113-61(23-12-42-109-89(103)140)75(130)119-66(79(134)110-57(70(93)125)19-8-38-105-85(96)97)47-141-142-48-67(80(135)117-64(44-49-25-31-54(123)32-26-49)77(132)114-60(72(127)112-58)22-11-41-108-88(102)139)120-82(137)69(53-30-29-51-14-1-2-15-52(51)46-53)121-76(131)62(21-10-40-107-87(100)101)111-71(126)56(92)16-7-37-104-84(94)95/h1-2,14-15,25-34,46,56-69,123-124H,3-13,16-24,35-45,47-48,90-92H2,(H2,93,125)(H,110,134)(H,111,126)(H,112,127)(H,113,128)(H,114,132)(H,115,133)(H,116,129)(H,117,135)(H,118,136)(H,119,130)(H,120,137)(H,121,131)(H4,94,95,104)(H4,96,97,105)(H4,98,99,106)(H4,100,101,107)(H3,102,108,139)(H3,103,109,140)/t56-,57-,58+,59-,60-,61-,62-,63-,64+,65-,66+,67+,68+,69-/m0/s1. The number of carbonyl (C=O) groups excluding carboxylic acids is 16. The van der Waals surface area contributed by atoms with Crippen molar-refractivity contribution in [1.29, 1.82) is 0 Å². The number of primary amides is 3. The second kappa shape index (κ2) is 61.9. The molecule has 6 rings (SSSR count). The van der Waals surface area contributed by atoms with Crippen molar-refractivity contribution in [2.45, 2.75) is 226 Å². The molecule has 2 heterocycles. The van der Waals surface area contributed by atoms with Crippen LogP contribution in [0.25, 0.3) is 10.8 Å². The second-order valence-corrected chi connectivity index (χ2v) is 36.5. The van der Waals surface area contributed by atoms with Gasteiger partial charge in [-0.3, -0.25) is 87.1 Å². The Labute approximate surface area is 828 Å². The highest BCUT2D eigenvalue weighted by molar-refractivity contribution is 8.76. The zero-order chi connectivity index (χ0) is 104. The first kappa shape index (κ1) is 116. The van der Waals surface area contributed by atoms with E-state index in [0.717, 1.165) is 21.6 Å². The van der Waals surface area contributed by atoms with Crippen LogP contribution in [0.3, 0.4) is 0 Å². The number of nitrogens with one attached hydrogen (secondary N) is 14. The molecule has 0 spiro atoms. The summed E-state index contributed by atoms with van der Waals surface area (Å²) in [5, 5.41) is 59.4. The van der Waals surface area contributed by atoms with E-state index in [2.05, 4.69) is 94.4 Å². The Morgan fingerprint density at radius 2 is 0.845 bits per heavy atom. The fourth-order valence-electron chi connectivity index (χ4n) is 15.2. The van der Waals surface area contributed by atoms with Crippen LogP contribution in [0.2, 0.25) is 0 Å². The van der Waals surface area contributed by atoms with Crippen molar-refractivity contribution in [3.63, 3.8) is 0 Å². The molecule has 0 aromatic heterocycles. The monoisotopic (exact) mass is 2020 g/mol. The van der Waals surface area contributed by atoms with Gasteiger partial charge >= 0.3 is 12.1 Å². The summed E-state index contributed by atoms with van der Waals surface area (Å²) < 4.78 is 0. The van der Waals surface area contributed by atoms with E-state index in [1.807, 2.05) is 0 Å². The number of guanidine groups is 4. The number of aromatic hydroxyl groups is 2. The Morgan fingerprint density at radius 3 is 1.33 bits per heavy atom. The summed E-state index contributed by atoms with van der Waals surface area (Å²) in [5.74, 6) is -16.9. The van der Waals surface area contributed by atoms with Crippen LogP contribution >= 0.6 is 21.6 Å². The van der Waals surface area contributed by atoms with E-state index in [1.54, 1.807) is 36.4 Å². The predicted octanol–water partition coefficient (Wildman–Crippen LogP) is -7.21. The lowest BCUT2D eigenvalue weighted by atomic mass is 10.00. The molecule has 0 radical (unpaired) electrons. The number of fused-ring (bicyclic) bond motifs is 2. The summed E-state index contributed by atoms with van der Waals surface area (Å²) in [4.78, 5) is 254. The molecule has 2 aliphatic rings. The van der Waals surface area contributed by atoms with E-state index in [0.29, 0.717) is 29.2 Å². The number of nitrogens with zero attached hydrogens (tertiary/aromatic N) is 5. The van der Waals surface area contributed by atoms with Crippen molar-refractivity contribution >= 4 is 151 Å². The fourth-order valence-corrected chi connectivity index (χ4v) is 17.6. The zero-order valence-electron chi connectivity index (χ0n) is 79.1. The molecule has 18 amide bonds. The van der Waals surface area contributed by atoms with Gasteiger partial charge in [0.1, 0.15) is 90.0 Å². The van der Waals surface area contributed by atoms with E-state index in [9.17, 15) is 29.4 Å². The zero-order valence-corrected chi connectivity index (χ0v) is 80.8. The van der Waals surface area contributed by atoms with E-state index in [4.69, 9.17) is 80.3 Å². The lowest BCUT2D eigenvalue weighted by molar-refractivity contribution is -0.142. The van der Waals surface area contributed by atoms with Gasteiger partial charge in [-0.15, -0.1) is 0 Å². The molecule has 2 aliphatic heterocycles. The first-order valence-electron chi connectivity index (χ1n) is 46.7. The molecular weight excluding hydrogens is 1880 g/mol. The SMILES string of the molecule is NCCCC[C@@H]1NC(=O)[C@@H](CCCCN)NC(=O)[C@H](CCCNC(N)=O)NC(=O)[C@@H](Cc2ccc(O)cc2)NC(=O)[C@H](NC(=O)[C@@H](NC(=O)[C@H](CCCN=C(N)N)NC(=O)[C@@H](N)CCCN=C(N)N)c2ccc3ccccc3c2)CSSC[C@H](C(=O)N[C@@H](CCCN=C(N)N)C(N)=O)NC(=O)[C@H](CCCNC(N)=O)NC(=O)[C@H](CCCN=C(N)N)NC(=O)[C@H](Cc2ccc(O)cc2)NC(=O)[C@H]2CCCN2C1=O. The van der Waals surface area contributed by atoms with Gasteiger partial charge < -0.3 is 170 Å². The number of hydrogen-bond acceptors (Lipinski definition) is 27. The van der Waals surface area contributed by atoms with Crippen LogP contribution in [0, 0.1) is 0 Å². The molecule has 14 atom stereocenters. The highest BCUT2D eigenvalue weighted by Crippen LogP contribution is 2.28. The Bertz CT molecular complexity index is 5010. The third-order valence-electron chi connectivity index (χ3n) is 22.7. The Kier molecular flexibility index (Phi) is 50.6. The summed E-state index contributed by atoms with van der Waals surface area (Å²) in [6, 6.07) is -2.00. The molecule has 780 valence electrons. The minimum absolute atomic E-state index is 0.0135. The maximum absolute atomic E-state index is 16.0. The molecule has 0 unspecified atom stereocenters. The van der Waals surface area contributed by atoms with Crippen LogP contribution in [0.15, 0.2) is 111 Å². The van der Waals surface area contributed by atoms with Crippen LogP contribution in [0.4, 0.5) is 9.59 Å². The number of urea groups is 2. The largest absolute Gasteiger partial charge is 0.508 e. The number of nitrogens with two attached hydrogens (primary N) is 14. The smallest absolute Gasteiger partial charge is 0.312 e. The number of benzene rings is 4. The molecular formula is C89H139N33O18S2. The van der Waals surface area contributed by atoms with Crippen molar-refractivity contribution in [2.75, 3.05) is 70.4 Å². The van der Waals surface area contributed by atoms with Gasteiger partial charge in [0.2, 0.25) is 82.7 Å². The van der Waals surface area contributed by atoms with E-state index in [1.165, 1.54) is 59.5 Å². The summed E-state index contributed by atoms with van der Waals surface area (Å²) in [6.45, 7) is -0.346. The average Bonchev–Trinajstić information content (AvgIpc) is 1.32. The molecule has 2 saturated heterocycles. The first-order chi connectivity index (χ1) is 67.7. The van der Waals surface area contributed by atoms with E-state index in [-0.39, 0.29) is 227 Å². The van der Waals surface area contributed by atoms with Crippen molar-refractivity contribution in [1.82, 2.24) is 79.3 Å². The molecule has 53 heteroatoms. The van der Waals surface area contributed by atoms with Crippen LogP contribution < -0.4 is 155 Å². The van der Waals surface area contributed by atoms with E-state index >= 15 is 57.5 Å². The minimum Gasteiger partial charge on any atom is -0.508 e. The highest BCUT2D eigenvalue weighted by atomic mass is 33.1. The van der Waals surface area contributed by atoms with Crippen molar-refractivity contribution in [2.24, 2.45) is 100 Å². The van der Waals surface area contributed by atoms with E-state index < -0.39 is 197 Å².